The molecular weight excluding hydrogens is 228 g/mol. The third-order valence-corrected chi connectivity index (χ3v) is 4.41. The van der Waals surface area contributed by atoms with Crippen molar-refractivity contribution in [2.45, 2.75) is 26.2 Å². The number of nitrogens with zero attached hydrogens (tertiary/aromatic N) is 1. The van der Waals surface area contributed by atoms with Crippen LogP contribution >= 0.6 is 11.3 Å². The van der Waals surface area contributed by atoms with Crippen molar-refractivity contribution in [3.8, 4) is 0 Å². The molecule has 1 aliphatic heterocycles. The molecule has 2 rings (SSSR count). The van der Waals surface area contributed by atoms with Gasteiger partial charge in [-0.3, -0.25) is 0 Å². The van der Waals surface area contributed by atoms with Crippen molar-refractivity contribution in [1.29, 1.82) is 0 Å². The van der Waals surface area contributed by atoms with Crippen molar-refractivity contribution in [3.63, 3.8) is 0 Å². The summed E-state index contributed by atoms with van der Waals surface area (Å²) < 4.78 is 0. The highest BCUT2D eigenvalue weighted by molar-refractivity contribution is 7.09. The Bertz CT molecular complexity index is 297. The molecule has 1 aromatic heterocycles. The van der Waals surface area contributed by atoms with Gasteiger partial charge in [0.1, 0.15) is 0 Å². The molecule has 0 spiro atoms. The van der Waals surface area contributed by atoms with Crippen molar-refractivity contribution >= 4 is 11.3 Å². The minimum atomic E-state index is 0.898. The van der Waals surface area contributed by atoms with Crippen molar-refractivity contribution in [3.05, 3.63) is 22.4 Å². The minimum absolute atomic E-state index is 0.898. The molecule has 1 aliphatic rings. The van der Waals surface area contributed by atoms with Crippen LogP contribution in [0, 0.1) is 5.92 Å². The van der Waals surface area contributed by atoms with Gasteiger partial charge in [0.15, 0.2) is 0 Å². The highest BCUT2D eigenvalue weighted by Gasteiger charge is 2.14. The Hall–Kier alpha value is -0.380. The van der Waals surface area contributed by atoms with Gasteiger partial charge in [0, 0.05) is 31.1 Å². The molecule has 1 atom stereocenters. The lowest BCUT2D eigenvalue weighted by molar-refractivity contribution is 0.185. The van der Waals surface area contributed by atoms with Gasteiger partial charge >= 0.3 is 0 Å². The fraction of sp³-hybridized carbons (Fsp3) is 0.714. The predicted octanol–water partition coefficient (Wildman–Crippen LogP) is 2.61. The Morgan fingerprint density at radius 2 is 2.41 bits per heavy atom. The van der Waals surface area contributed by atoms with Crippen LogP contribution in [-0.4, -0.2) is 37.6 Å². The van der Waals surface area contributed by atoms with E-state index in [4.69, 9.17) is 0 Å². The predicted molar refractivity (Wildman–Crippen MR) is 75.7 cm³/mol. The van der Waals surface area contributed by atoms with E-state index < -0.39 is 0 Å². The number of nitrogens with one attached hydrogen (secondary N) is 1. The van der Waals surface area contributed by atoms with Crippen LogP contribution < -0.4 is 5.32 Å². The molecule has 1 saturated heterocycles. The summed E-state index contributed by atoms with van der Waals surface area (Å²) in [5.41, 5.74) is 0. The summed E-state index contributed by atoms with van der Waals surface area (Å²) in [6.07, 6.45) is 3.98. The molecule has 1 unspecified atom stereocenters. The van der Waals surface area contributed by atoms with Gasteiger partial charge in [-0.15, -0.1) is 11.3 Å². The van der Waals surface area contributed by atoms with Gasteiger partial charge in [0.2, 0.25) is 0 Å². The van der Waals surface area contributed by atoms with E-state index >= 15 is 0 Å². The van der Waals surface area contributed by atoms with Gasteiger partial charge in [-0.25, -0.2) is 0 Å². The van der Waals surface area contributed by atoms with E-state index in [1.54, 1.807) is 0 Å². The fourth-order valence-corrected chi connectivity index (χ4v) is 3.23. The van der Waals surface area contributed by atoms with Crippen molar-refractivity contribution in [1.82, 2.24) is 10.2 Å². The summed E-state index contributed by atoms with van der Waals surface area (Å²) >= 11 is 1.86. The zero-order valence-corrected chi connectivity index (χ0v) is 11.6. The third kappa shape index (κ3) is 4.78. The van der Waals surface area contributed by atoms with Crippen LogP contribution in [0.2, 0.25) is 0 Å². The Kier molecular flexibility index (Phi) is 5.49. The highest BCUT2D eigenvalue weighted by atomic mass is 32.1. The average molecular weight is 252 g/mol. The van der Waals surface area contributed by atoms with Crippen LogP contribution in [0.5, 0.6) is 0 Å². The molecule has 3 heteroatoms. The molecule has 1 aromatic rings. The zero-order valence-electron chi connectivity index (χ0n) is 10.8. The molecule has 0 aromatic carbocycles. The first kappa shape index (κ1) is 13.1. The molecule has 2 heterocycles. The summed E-state index contributed by atoms with van der Waals surface area (Å²) in [4.78, 5) is 4.09. The number of piperidine rings is 1. The molecule has 17 heavy (non-hydrogen) atoms. The average Bonchev–Trinajstić information content (AvgIpc) is 2.82. The Balaban J connectivity index is 1.51. The molecule has 0 saturated carbocycles. The van der Waals surface area contributed by atoms with E-state index in [2.05, 4.69) is 34.7 Å². The second-order valence-corrected chi connectivity index (χ2v) is 6.16. The fourth-order valence-electron chi connectivity index (χ4n) is 2.52. The topological polar surface area (TPSA) is 15.3 Å². The van der Waals surface area contributed by atoms with E-state index in [0.717, 1.165) is 19.0 Å². The van der Waals surface area contributed by atoms with Gasteiger partial charge in [0.25, 0.3) is 0 Å². The zero-order chi connectivity index (χ0) is 11.9. The van der Waals surface area contributed by atoms with Crippen molar-refractivity contribution in [2.24, 2.45) is 5.92 Å². The van der Waals surface area contributed by atoms with E-state index in [9.17, 15) is 0 Å². The van der Waals surface area contributed by atoms with E-state index in [1.165, 1.54) is 43.8 Å². The molecule has 0 bridgehead atoms. The molecule has 1 N–H and O–H groups in total. The summed E-state index contributed by atoms with van der Waals surface area (Å²) in [7, 11) is 0. The standard InChI is InChI=1S/C14H24N2S/c1-13-4-2-9-16(12-13)10-8-15-7-6-14-5-3-11-17-14/h3,5,11,13,15H,2,4,6-10,12H2,1H3. The third-order valence-electron chi connectivity index (χ3n) is 3.47. The van der Waals surface area contributed by atoms with Crippen LogP contribution in [-0.2, 0) is 6.42 Å². The maximum Gasteiger partial charge on any atom is 0.0107 e. The van der Waals surface area contributed by atoms with Crippen LogP contribution in [0.15, 0.2) is 17.5 Å². The molecule has 0 aliphatic carbocycles. The Morgan fingerprint density at radius 1 is 1.47 bits per heavy atom. The second kappa shape index (κ2) is 7.14. The normalized spacial score (nSPS) is 21.8. The summed E-state index contributed by atoms with van der Waals surface area (Å²) in [6, 6.07) is 4.35. The molecule has 0 amide bonds. The lowest BCUT2D eigenvalue weighted by Crippen LogP contribution is -2.39. The summed E-state index contributed by atoms with van der Waals surface area (Å²) in [5, 5.41) is 5.71. The summed E-state index contributed by atoms with van der Waals surface area (Å²) in [6.45, 7) is 8.44. The monoisotopic (exact) mass is 252 g/mol. The van der Waals surface area contributed by atoms with Gasteiger partial charge in [-0.05, 0) is 43.2 Å². The molecule has 2 nitrogen and oxygen atoms in total. The number of hydrogen-bond donors (Lipinski definition) is 1. The lowest BCUT2D eigenvalue weighted by Gasteiger charge is -2.30. The van der Waals surface area contributed by atoms with Gasteiger partial charge in [0.05, 0.1) is 0 Å². The van der Waals surface area contributed by atoms with Crippen molar-refractivity contribution in [2.75, 3.05) is 32.7 Å². The molecule has 1 fully saturated rings. The number of hydrogen-bond acceptors (Lipinski definition) is 3. The number of rotatable bonds is 6. The smallest absolute Gasteiger partial charge is 0.0107 e. The van der Waals surface area contributed by atoms with E-state index in [0.29, 0.717) is 0 Å². The quantitative estimate of drug-likeness (QED) is 0.783. The maximum atomic E-state index is 3.55. The first-order chi connectivity index (χ1) is 8.34. The van der Waals surface area contributed by atoms with Gasteiger partial charge in [-0.1, -0.05) is 13.0 Å². The lowest BCUT2D eigenvalue weighted by atomic mass is 10.0. The molecule has 96 valence electrons. The van der Waals surface area contributed by atoms with Crippen molar-refractivity contribution < 1.29 is 0 Å². The van der Waals surface area contributed by atoms with Gasteiger partial charge < -0.3 is 10.2 Å². The van der Waals surface area contributed by atoms with Crippen LogP contribution in [0.3, 0.4) is 0 Å². The minimum Gasteiger partial charge on any atom is -0.315 e. The van der Waals surface area contributed by atoms with Crippen LogP contribution in [0.4, 0.5) is 0 Å². The Labute approximate surface area is 109 Å². The first-order valence-electron chi connectivity index (χ1n) is 6.80. The maximum absolute atomic E-state index is 3.55. The largest absolute Gasteiger partial charge is 0.315 e. The molecule has 0 radical (unpaired) electrons. The highest BCUT2D eigenvalue weighted by Crippen LogP contribution is 2.14. The molecular formula is C14H24N2S. The summed E-state index contributed by atoms with van der Waals surface area (Å²) in [5.74, 6) is 0.898. The SMILES string of the molecule is CC1CCCN(CCNCCc2cccs2)C1. The Morgan fingerprint density at radius 3 is 3.18 bits per heavy atom. The van der Waals surface area contributed by atoms with E-state index in [1.807, 2.05) is 11.3 Å². The van der Waals surface area contributed by atoms with Crippen LogP contribution in [0.1, 0.15) is 24.6 Å². The number of thiophene rings is 1. The number of likely N-dealkylation sites (tertiary alicyclic amines) is 1. The van der Waals surface area contributed by atoms with Crippen LogP contribution in [0.25, 0.3) is 0 Å². The first-order valence-corrected chi connectivity index (χ1v) is 7.68. The van der Waals surface area contributed by atoms with E-state index in [-0.39, 0.29) is 0 Å². The van der Waals surface area contributed by atoms with Gasteiger partial charge in [-0.2, -0.15) is 0 Å². The second-order valence-electron chi connectivity index (χ2n) is 5.13.